The molecular weight excluding hydrogens is 236 g/mol. The molecule has 98 valence electrons. The minimum atomic E-state index is -0.637. The summed E-state index contributed by atoms with van der Waals surface area (Å²) in [5, 5.41) is 5.05. The first kappa shape index (κ1) is 13.9. The molecule has 0 radical (unpaired) electrons. The summed E-state index contributed by atoms with van der Waals surface area (Å²) < 4.78 is 4.98. The number of primary amides is 1. The zero-order chi connectivity index (χ0) is 13.4. The Hall–Kier alpha value is -2.12. The van der Waals surface area contributed by atoms with Gasteiger partial charge in [-0.1, -0.05) is 0 Å². The van der Waals surface area contributed by atoms with Crippen molar-refractivity contribution in [3.8, 4) is 0 Å². The Kier molecular flexibility index (Phi) is 5.62. The molecule has 0 fully saturated rings. The molecule has 1 aromatic rings. The highest BCUT2D eigenvalue weighted by atomic mass is 16.5. The highest BCUT2D eigenvalue weighted by Gasteiger charge is 2.02. The highest BCUT2D eigenvalue weighted by molar-refractivity contribution is 5.92. The number of anilines is 2. The molecule has 0 aliphatic rings. The van der Waals surface area contributed by atoms with Gasteiger partial charge in [0, 0.05) is 17.9 Å². The number of benzene rings is 1. The summed E-state index contributed by atoms with van der Waals surface area (Å²) in [5.41, 5.74) is 11.3. The number of carbonyl (C=O) groups excluding carboxylic acids is 2. The molecule has 0 aliphatic carbocycles. The van der Waals surface area contributed by atoms with E-state index in [4.69, 9.17) is 16.2 Å². The highest BCUT2D eigenvalue weighted by Crippen LogP contribution is 2.13. The Morgan fingerprint density at radius 1 is 1.11 bits per heavy atom. The van der Waals surface area contributed by atoms with Crippen LogP contribution in [0.25, 0.3) is 0 Å². The van der Waals surface area contributed by atoms with E-state index >= 15 is 0 Å². The lowest BCUT2D eigenvalue weighted by Crippen LogP contribution is -2.21. The van der Waals surface area contributed by atoms with Gasteiger partial charge in [0.2, 0.25) is 5.91 Å². The number of rotatable bonds is 6. The molecule has 0 spiro atoms. The minimum absolute atomic E-state index is 0.0432. The third-order valence-electron chi connectivity index (χ3n) is 1.93. The predicted molar refractivity (Wildman–Crippen MR) is 68.2 cm³/mol. The van der Waals surface area contributed by atoms with Crippen LogP contribution in [0.4, 0.5) is 16.2 Å². The van der Waals surface area contributed by atoms with Crippen LogP contribution in [0, 0.1) is 0 Å². The Bertz CT molecular complexity index is 405. The minimum Gasteiger partial charge on any atom is -0.370 e. The number of ether oxygens (including phenoxy) is 1. The molecule has 0 saturated carbocycles. The normalized spacial score (nSPS) is 9.83. The predicted octanol–water partition coefficient (Wildman–Crippen LogP) is 0.0910. The first-order valence-corrected chi connectivity index (χ1v) is 5.36. The number of nitrogens with one attached hydrogen (secondary N) is 2. The molecule has 0 aromatic heterocycles. The van der Waals surface area contributed by atoms with E-state index in [1.807, 2.05) is 0 Å². The Morgan fingerprint density at radius 2 is 1.67 bits per heavy atom. The van der Waals surface area contributed by atoms with Gasteiger partial charge in [-0.3, -0.25) is 4.79 Å². The topological polar surface area (TPSA) is 119 Å². The van der Waals surface area contributed by atoms with E-state index in [0.29, 0.717) is 24.5 Å². The average Bonchev–Trinajstić information content (AvgIpc) is 2.31. The zero-order valence-corrected chi connectivity index (χ0v) is 9.81. The molecule has 7 nitrogen and oxygen atoms in total. The Morgan fingerprint density at radius 3 is 2.17 bits per heavy atom. The Balaban J connectivity index is 2.43. The van der Waals surface area contributed by atoms with E-state index in [2.05, 4.69) is 10.6 Å². The van der Waals surface area contributed by atoms with E-state index in [-0.39, 0.29) is 12.5 Å². The van der Waals surface area contributed by atoms with Crippen LogP contribution in [0.5, 0.6) is 0 Å². The van der Waals surface area contributed by atoms with Crippen molar-refractivity contribution in [3.63, 3.8) is 0 Å². The summed E-state index contributed by atoms with van der Waals surface area (Å²) in [4.78, 5) is 22.0. The van der Waals surface area contributed by atoms with Crippen LogP contribution in [-0.2, 0) is 9.53 Å². The van der Waals surface area contributed by atoms with E-state index < -0.39 is 6.03 Å². The molecule has 1 rings (SSSR count). The number of urea groups is 1. The van der Waals surface area contributed by atoms with Crippen molar-refractivity contribution in [2.24, 2.45) is 11.5 Å². The van der Waals surface area contributed by atoms with Gasteiger partial charge in [-0.2, -0.15) is 0 Å². The second kappa shape index (κ2) is 7.25. The fraction of sp³-hybridized carbons (Fsp3) is 0.273. The van der Waals surface area contributed by atoms with Crippen molar-refractivity contribution < 1.29 is 14.3 Å². The molecule has 0 unspecified atom stereocenters. The van der Waals surface area contributed by atoms with Gasteiger partial charge in [0.1, 0.15) is 6.61 Å². The second-order valence-electron chi connectivity index (χ2n) is 3.46. The summed E-state index contributed by atoms with van der Waals surface area (Å²) in [7, 11) is 0. The van der Waals surface area contributed by atoms with Gasteiger partial charge in [0.15, 0.2) is 0 Å². The largest absolute Gasteiger partial charge is 0.370 e. The third kappa shape index (κ3) is 5.28. The number of amides is 3. The standard InChI is InChI=1S/C11H16N4O3/c12-5-6-18-7-10(16)14-8-1-3-9(4-2-8)15-11(13)17/h1-4H,5-7,12H2,(H,14,16)(H3,13,15,17). The van der Waals surface area contributed by atoms with Gasteiger partial charge in [0.25, 0.3) is 0 Å². The molecule has 0 atom stereocenters. The van der Waals surface area contributed by atoms with Crippen LogP contribution < -0.4 is 22.1 Å². The summed E-state index contributed by atoms with van der Waals surface area (Å²) >= 11 is 0. The van der Waals surface area contributed by atoms with Crippen molar-refractivity contribution in [2.45, 2.75) is 0 Å². The molecule has 0 heterocycles. The van der Waals surface area contributed by atoms with Crippen molar-refractivity contribution in [2.75, 3.05) is 30.4 Å². The first-order valence-electron chi connectivity index (χ1n) is 5.36. The lowest BCUT2D eigenvalue weighted by molar-refractivity contribution is -0.120. The van der Waals surface area contributed by atoms with Crippen molar-refractivity contribution in [1.29, 1.82) is 0 Å². The zero-order valence-electron chi connectivity index (χ0n) is 9.81. The van der Waals surface area contributed by atoms with Crippen LogP contribution in [0.3, 0.4) is 0 Å². The average molecular weight is 252 g/mol. The maximum atomic E-state index is 11.4. The van der Waals surface area contributed by atoms with Crippen molar-refractivity contribution in [1.82, 2.24) is 0 Å². The summed E-state index contributed by atoms with van der Waals surface area (Å²) in [5.74, 6) is -0.265. The first-order chi connectivity index (χ1) is 8.61. The van der Waals surface area contributed by atoms with Crippen LogP contribution in [0.2, 0.25) is 0 Å². The molecule has 7 heteroatoms. The lowest BCUT2D eigenvalue weighted by atomic mass is 10.3. The molecule has 3 amide bonds. The third-order valence-corrected chi connectivity index (χ3v) is 1.93. The van der Waals surface area contributed by atoms with E-state index in [9.17, 15) is 9.59 Å². The van der Waals surface area contributed by atoms with Gasteiger partial charge in [0.05, 0.1) is 6.61 Å². The molecule has 0 bridgehead atoms. The molecule has 1 aromatic carbocycles. The van der Waals surface area contributed by atoms with E-state index in [0.717, 1.165) is 0 Å². The van der Waals surface area contributed by atoms with Gasteiger partial charge in [-0.05, 0) is 24.3 Å². The van der Waals surface area contributed by atoms with Gasteiger partial charge in [-0.25, -0.2) is 4.79 Å². The monoisotopic (exact) mass is 252 g/mol. The number of nitrogens with two attached hydrogens (primary N) is 2. The van der Waals surface area contributed by atoms with Gasteiger partial charge in [-0.15, -0.1) is 0 Å². The maximum absolute atomic E-state index is 11.4. The maximum Gasteiger partial charge on any atom is 0.316 e. The second-order valence-corrected chi connectivity index (χ2v) is 3.46. The van der Waals surface area contributed by atoms with Gasteiger partial charge < -0.3 is 26.8 Å². The molecule has 0 saturated heterocycles. The summed E-state index contributed by atoms with van der Waals surface area (Å²) in [6.07, 6.45) is 0. The van der Waals surface area contributed by atoms with Crippen LogP contribution in [0.15, 0.2) is 24.3 Å². The smallest absolute Gasteiger partial charge is 0.316 e. The lowest BCUT2D eigenvalue weighted by Gasteiger charge is -2.07. The molecule has 18 heavy (non-hydrogen) atoms. The van der Waals surface area contributed by atoms with Crippen molar-refractivity contribution >= 4 is 23.3 Å². The number of hydrogen-bond donors (Lipinski definition) is 4. The fourth-order valence-electron chi connectivity index (χ4n) is 1.22. The van der Waals surface area contributed by atoms with E-state index in [1.165, 1.54) is 0 Å². The number of carbonyl (C=O) groups is 2. The quantitative estimate of drug-likeness (QED) is 0.536. The molecule has 0 aliphatic heterocycles. The van der Waals surface area contributed by atoms with Crippen LogP contribution >= 0.6 is 0 Å². The van der Waals surface area contributed by atoms with E-state index in [1.54, 1.807) is 24.3 Å². The summed E-state index contributed by atoms with van der Waals surface area (Å²) in [6, 6.07) is 5.91. The fourth-order valence-corrected chi connectivity index (χ4v) is 1.22. The van der Waals surface area contributed by atoms with Crippen LogP contribution in [-0.4, -0.2) is 31.7 Å². The molecular formula is C11H16N4O3. The summed E-state index contributed by atoms with van der Waals surface area (Å²) in [6.45, 7) is 0.675. The van der Waals surface area contributed by atoms with Gasteiger partial charge >= 0.3 is 6.03 Å². The molecule has 6 N–H and O–H groups in total. The number of hydrogen-bond acceptors (Lipinski definition) is 4. The van der Waals surface area contributed by atoms with Crippen LogP contribution in [0.1, 0.15) is 0 Å². The Labute approximate surface area is 104 Å². The van der Waals surface area contributed by atoms with Crippen molar-refractivity contribution in [3.05, 3.63) is 24.3 Å². The SMILES string of the molecule is NCCOCC(=O)Nc1ccc(NC(N)=O)cc1.